The minimum atomic E-state index is -0.211. The summed E-state index contributed by atoms with van der Waals surface area (Å²) in [4.78, 5) is 0. The number of hydrogen-bond acceptors (Lipinski definition) is 3. The first kappa shape index (κ1) is 14.7. The Kier molecular flexibility index (Phi) is 4.84. The second-order valence-corrected chi connectivity index (χ2v) is 4.93. The maximum absolute atomic E-state index is 13.7. The monoisotopic (exact) mass is 276 g/mol. The van der Waals surface area contributed by atoms with Crippen LogP contribution in [-0.4, -0.2) is 21.5 Å². The fourth-order valence-electron chi connectivity index (χ4n) is 2.40. The van der Waals surface area contributed by atoms with Crippen LogP contribution in [0.5, 0.6) is 0 Å². The Morgan fingerprint density at radius 1 is 1.30 bits per heavy atom. The predicted octanol–water partition coefficient (Wildman–Crippen LogP) is 2.83. The van der Waals surface area contributed by atoms with E-state index in [1.165, 1.54) is 6.07 Å². The van der Waals surface area contributed by atoms with E-state index in [1.54, 1.807) is 12.3 Å². The van der Waals surface area contributed by atoms with Crippen LogP contribution < -0.4 is 5.32 Å². The van der Waals surface area contributed by atoms with Gasteiger partial charge in [0.25, 0.3) is 0 Å². The van der Waals surface area contributed by atoms with Crippen molar-refractivity contribution in [3.63, 3.8) is 0 Å². The van der Waals surface area contributed by atoms with E-state index < -0.39 is 0 Å². The molecule has 0 aliphatic rings. The van der Waals surface area contributed by atoms with Crippen molar-refractivity contribution in [3.8, 4) is 0 Å². The van der Waals surface area contributed by atoms with Crippen LogP contribution in [-0.2, 0) is 6.54 Å². The van der Waals surface area contributed by atoms with Gasteiger partial charge in [-0.3, -0.25) is 0 Å². The molecule has 20 heavy (non-hydrogen) atoms. The molecule has 1 atom stereocenters. The van der Waals surface area contributed by atoms with Crippen LogP contribution in [0.15, 0.2) is 24.4 Å². The zero-order valence-electron chi connectivity index (χ0n) is 12.2. The Labute approximate surface area is 119 Å². The van der Waals surface area contributed by atoms with Crippen LogP contribution >= 0.6 is 0 Å². The van der Waals surface area contributed by atoms with Crippen molar-refractivity contribution < 1.29 is 4.39 Å². The zero-order valence-corrected chi connectivity index (χ0v) is 12.2. The Balaban J connectivity index is 2.41. The number of hydrogen-bond donors (Lipinski definition) is 1. The van der Waals surface area contributed by atoms with E-state index in [-0.39, 0.29) is 11.9 Å². The summed E-state index contributed by atoms with van der Waals surface area (Å²) in [5, 5.41) is 11.5. The second kappa shape index (κ2) is 6.61. The molecule has 1 unspecified atom stereocenters. The van der Waals surface area contributed by atoms with Gasteiger partial charge in [-0.1, -0.05) is 25.1 Å². The first-order valence-electron chi connectivity index (χ1n) is 7.04. The van der Waals surface area contributed by atoms with Crippen molar-refractivity contribution in [1.82, 2.24) is 20.3 Å². The van der Waals surface area contributed by atoms with E-state index in [1.807, 2.05) is 24.6 Å². The van der Waals surface area contributed by atoms with Crippen LogP contribution in [0.4, 0.5) is 4.39 Å². The van der Waals surface area contributed by atoms with E-state index in [2.05, 4.69) is 22.6 Å². The smallest absolute Gasteiger partial charge is 0.123 e. The average Bonchev–Trinajstić information content (AvgIpc) is 2.83. The van der Waals surface area contributed by atoms with E-state index in [4.69, 9.17) is 0 Å². The molecule has 108 valence electrons. The van der Waals surface area contributed by atoms with Crippen molar-refractivity contribution in [1.29, 1.82) is 0 Å². The van der Waals surface area contributed by atoms with Gasteiger partial charge in [0.05, 0.1) is 17.9 Å². The molecular formula is C15H21FN4. The number of nitrogens with zero attached hydrogens (tertiary/aromatic N) is 3. The number of aryl methyl sites for hydroxylation is 2. The van der Waals surface area contributed by atoms with Gasteiger partial charge in [0.15, 0.2) is 0 Å². The van der Waals surface area contributed by atoms with Gasteiger partial charge in [-0.15, -0.1) is 5.10 Å². The fourth-order valence-corrected chi connectivity index (χ4v) is 2.40. The number of benzene rings is 1. The lowest BCUT2D eigenvalue weighted by molar-refractivity contribution is 0.509. The summed E-state index contributed by atoms with van der Waals surface area (Å²) in [6, 6.07) is 5.02. The SMILES string of the molecule is CCCn1nncc1C(NCC)c1cc(C)cc(F)c1. The quantitative estimate of drug-likeness (QED) is 0.882. The lowest BCUT2D eigenvalue weighted by Gasteiger charge is -2.19. The Bertz CT molecular complexity index is 545. The minimum absolute atomic E-state index is 0.0871. The van der Waals surface area contributed by atoms with Gasteiger partial charge >= 0.3 is 0 Å². The molecule has 0 fully saturated rings. The molecule has 1 heterocycles. The number of rotatable bonds is 6. The molecule has 0 spiro atoms. The molecule has 2 rings (SSSR count). The molecular weight excluding hydrogens is 255 g/mol. The van der Waals surface area contributed by atoms with Crippen LogP contribution in [0.1, 0.15) is 43.1 Å². The molecule has 0 aliphatic heterocycles. The highest BCUT2D eigenvalue weighted by Gasteiger charge is 2.19. The highest BCUT2D eigenvalue weighted by Crippen LogP contribution is 2.23. The average molecular weight is 276 g/mol. The van der Waals surface area contributed by atoms with Gasteiger partial charge < -0.3 is 5.32 Å². The molecule has 4 nitrogen and oxygen atoms in total. The van der Waals surface area contributed by atoms with Gasteiger partial charge in [-0.05, 0) is 43.1 Å². The van der Waals surface area contributed by atoms with E-state index in [0.29, 0.717) is 0 Å². The molecule has 0 aliphatic carbocycles. The lowest BCUT2D eigenvalue weighted by atomic mass is 10.0. The first-order valence-corrected chi connectivity index (χ1v) is 7.04. The highest BCUT2D eigenvalue weighted by atomic mass is 19.1. The van der Waals surface area contributed by atoms with Crippen molar-refractivity contribution in [2.75, 3.05) is 6.54 Å². The lowest BCUT2D eigenvalue weighted by Crippen LogP contribution is -2.25. The maximum Gasteiger partial charge on any atom is 0.123 e. The second-order valence-electron chi connectivity index (χ2n) is 4.93. The molecule has 1 N–H and O–H groups in total. The topological polar surface area (TPSA) is 42.7 Å². The van der Waals surface area contributed by atoms with Gasteiger partial charge in [-0.25, -0.2) is 9.07 Å². The van der Waals surface area contributed by atoms with Crippen LogP contribution in [0.2, 0.25) is 0 Å². The molecule has 2 aromatic rings. The summed E-state index contributed by atoms with van der Waals surface area (Å²) >= 11 is 0. The predicted molar refractivity (Wildman–Crippen MR) is 77.0 cm³/mol. The zero-order chi connectivity index (χ0) is 14.5. The largest absolute Gasteiger partial charge is 0.305 e. The summed E-state index contributed by atoms with van der Waals surface area (Å²) in [5.74, 6) is -0.211. The van der Waals surface area contributed by atoms with Crippen molar-refractivity contribution in [3.05, 3.63) is 47.0 Å². The third kappa shape index (κ3) is 3.22. The van der Waals surface area contributed by atoms with Crippen molar-refractivity contribution in [2.45, 2.75) is 39.8 Å². The normalized spacial score (nSPS) is 12.6. The summed E-state index contributed by atoms with van der Waals surface area (Å²) in [6.07, 6.45) is 2.74. The standard InChI is InChI=1S/C15H21FN4/c1-4-6-20-14(10-18-19-20)15(17-5-2)12-7-11(3)8-13(16)9-12/h7-10,15,17H,4-6H2,1-3H3. The van der Waals surface area contributed by atoms with E-state index in [9.17, 15) is 4.39 Å². The van der Waals surface area contributed by atoms with E-state index >= 15 is 0 Å². The van der Waals surface area contributed by atoms with Crippen LogP contribution in [0.25, 0.3) is 0 Å². The van der Waals surface area contributed by atoms with Gasteiger partial charge in [0.2, 0.25) is 0 Å². The van der Waals surface area contributed by atoms with Crippen LogP contribution in [0, 0.1) is 12.7 Å². The Morgan fingerprint density at radius 3 is 2.75 bits per heavy atom. The third-order valence-corrected chi connectivity index (χ3v) is 3.18. The van der Waals surface area contributed by atoms with Gasteiger partial charge in [-0.2, -0.15) is 0 Å². The first-order chi connectivity index (χ1) is 9.65. The molecule has 0 bridgehead atoms. The number of halogens is 1. The van der Waals surface area contributed by atoms with Crippen molar-refractivity contribution >= 4 is 0 Å². The molecule has 0 saturated heterocycles. The summed E-state index contributed by atoms with van der Waals surface area (Å²) in [7, 11) is 0. The molecule has 5 heteroatoms. The van der Waals surface area contributed by atoms with Crippen LogP contribution in [0.3, 0.4) is 0 Å². The molecule has 1 aromatic carbocycles. The highest BCUT2D eigenvalue weighted by molar-refractivity contribution is 5.31. The number of aromatic nitrogens is 3. The van der Waals surface area contributed by atoms with Crippen molar-refractivity contribution in [2.24, 2.45) is 0 Å². The summed E-state index contributed by atoms with van der Waals surface area (Å²) < 4.78 is 15.5. The molecule has 0 amide bonds. The molecule has 1 aromatic heterocycles. The van der Waals surface area contributed by atoms with Gasteiger partial charge in [0.1, 0.15) is 5.82 Å². The molecule has 0 radical (unpaired) electrons. The van der Waals surface area contributed by atoms with E-state index in [0.717, 1.165) is 36.3 Å². The summed E-state index contributed by atoms with van der Waals surface area (Å²) in [5.41, 5.74) is 2.79. The Hall–Kier alpha value is -1.75. The summed E-state index contributed by atoms with van der Waals surface area (Å²) in [6.45, 7) is 7.63. The third-order valence-electron chi connectivity index (χ3n) is 3.18. The number of nitrogens with one attached hydrogen (secondary N) is 1. The minimum Gasteiger partial charge on any atom is -0.305 e. The fraction of sp³-hybridized carbons (Fsp3) is 0.467. The van der Waals surface area contributed by atoms with Gasteiger partial charge in [0, 0.05) is 6.54 Å². The Morgan fingerprint density at radius 2 is 2.10 bits per heavy atom. The maximum atomic E-state index is 13.7. The molecule has 0 saturated carbocycles.